The largest absolute Gasteiger partial charge is 0.497 e. The van der Waals surface area contributed by atoms with Crippen molar-refractivity contribution in [3.8, 4) is 23.0 Å². The summed E-state index contributed by atoms with van der Waals surface area (Å²) in [7, 11) is 3.38. The molecule has 154 valence electrons. The quantitative estimate of drug-likeness (QED) is 0.658. The van der Waals surface area contributed by atoms with Crippen LogP contribution in [0, 0.1) is 0 Å². The van der Waals surface area contributed by atoms with Crippen LogP contribution in [0.5, 0.6) is 11.5 Å². The highest BCUT2D eigenvalue weighted by Crippen LogP contribution is 2.31. The number of hydrogen-bond donors (Lipinski definition) is 1. The monoisotopic (exact) mass is 415 g/mol. The lowest BCUT2D eigenvalue weighted by Gasteiger charge is -2.36. The van der Waals surface area contributed by atoms with Crippen molar-refractivity contribution in [1.29, 1.82) is 0 Å². The summed E-state index contributed by atoms with van der Waals surface area (Å²) in [5.74, 6) is 2.36. The third-order valence-electron chi connectivity index (χ3n) is 5.11. The maximum Gasteiger partial charge on any atom is 0.226 e. The highest BCUT2D eigenvalue weighted by Gasteiger charge is 2.27. The van der Waals surface area contributed by atoms with Gasteiger partial charge in [0, 0.05) is 37.3 Å². The summed E-state index contributed by atoms with van der Waals surface area (Å²) in [6.07, 6.45) is 1.75. The molecule has 29 heavy (non-hydrogen) atoms. The molecule has 1 aliphatic rings. The molecule has 2 aromatic carbocycles. The van der Waals surface area contributed by atoms with Gasteiger partial charge in [0.1, 0.15) is 17.8 Å². The van der Waals surface area contributed by atoms with E-state index in [0.717, 1.165) is 48.9 Å². The number of halogens is 1. The number of hydrogen-bond acceptors (Lipinski definition) is 6. The zero-order chi connectivity index (χ0) is 19.3. The summed E-state index contributed by atoms with van der Waals surface area (Å²) in [5, 5.41) is 3.49. The van der Waals surface area contributed by atoms with Crippen LogP contribution in [-0.4, -0.2) is 43.7 Å². The molecule has 1 unspecified atom stereocenters. The molecule has 1 aromatic heterocycles. The molecule has 1 atom stereocenters. The van der Waals surface area contributed by atoms with E-state index in [1.165, 1.54) is 5.56 Å². The van der Waals surface area contributed by atoms with Crippen LogP contribution in [0.3, 0.4) is 0 Å². The van der Waals surface area contributed by atoms with Crippen LogP contribution in [-0.2, 0) is 6.54 Å². The van der Waals surface area contributed by atoms with Crippen LogP contribution in [0.25, 0.3) is 11.5 Å². The Bertz CT molecular complexity index is 914. The molecule has 0 radical (unpaired) electrons. The number of rotatable bonds is 6. The smallest absolute Gasteiger partial charge is 0.226 e. The van der Waals surface area contributed by atoms with Crippen LogP contribution < -0.4 is 14.8 Å². The van der Waals surface area contributed by atoms with Gasteiger partial charge < -0.3 is 19.2 Å². The van der Waals surface area contributed by atoms with Crippen LogP contribution in [0.1, 0.15) is 17.3 Å². The maximum absolute atomic E-state index is 5.73. The Balaban J connectivity index is 0.00000240. The van der Waals surface area contributed by atoms with E-state index in [0.29, 0.717) is 5.89 Å². The SMILES string of the molecule is COc1ccc(-c2nc(CN3CCNCC3c3ccccc3OC)co2)cc1.Cl. The second-order valence-corrected chi connectivity index (χ2v) is 6.80. The number of nitrogens with one attached hydrogen (secondary N) is 1. The normalized spacial score (nSPS) is 16.8. The van der Waals surface area contributed by atoms with Crippen LogP contribution in [0.2, 0.25) is 0 Å². The lowest BCUT2D eigenvalue weighted by atomic mass is 10.0. The Morgan fingerprint density at radius 3 is 2.66 bits per heavy atom. The predicted molar refractivity (Wildman–Crippen MR) is 115 cm³/mol. The van der Waals surface area contributed by atoms with E-state index in [1.807, 2.05) is 36.4 Å². The Morgan fingerprint density at radius 1 is 1.10 bits per heavy atom. The molecule has 0 spiro atoms. The predicted octanol–water partition coefficient (Wildman–Crippen LogP) is 3.93. The van der Waals surface area contributed by atoms with E-state index in [2.05, 4.69) is 22.3 Å². The summed E-state index contributed by atoms with van der Waals surface area (Å²) >= 11 is 0. The number of para-hydroxylation sites is 1. The minimum absolute atomic E-state index is 0. The fraction of sp³-hybridized carbons (Fsp3) is 0.318. The van der Waals surface area contributed by atoms with Crippen LogP contribution in [0.4, 0.5) is 0 Å². The zero-order valence-corrected chi connectivity index (χ0v) is 17.4. The fourth-order valence-corrected chi connectivity index (χ4v) is 3.64. The Morgan fingerprint density at radius 2 is 1.90 bits per heavy atom. The van der Waals surface area contributed by atoms with Crippen LogP contribution >= 0.6 is 12.4 Å². The first-order valence-corrected chi connectivity index (χ1v) is 9.45. The van der Waals surface area contributed by atoms with Gasteiger partial charge in [-0.25, -0.2) is 4.98 Å². The highest BCUT2D eigenvalue weighted by molar-refractivity contribution is 5.85. The minimum Gasteiger partial charge on any atom is -0.497 e. The number of piperazine rings is 1. The molecule has 1 N–H and O–H groups in total. The molecule has 1 fully saturated rings. The topological polar surface area (TPSA) is 59.8 Å². The molecule has 0 bridgehead atoms. The summed E-state index contributed by atoms with van der Waals surface area (Å²) in [5.41, 5.74) is 3.05. The van der Waals surface area contributed by atoms with Crippen molar-refractivity contribution < 1.29 is 13.9 Å². The van der Waals surface area contributed by atoms with Crippen molar-refractivity contribution in [3.05, 3.63) is 66.1 Å². The molecular weight excluding hydrogens is 390 g/mol. The van der Waals surface area contributed by atoms with E-state index in [1.54, 1.807) is 20.5 Å². The fourth-order valence-electron chi connectivity index (χ4n) is 3.64. The summed E-state index contributed by atoms with van der Waals surface area (Å²) in [4.78, 5) is 7.12. The molecule has 3 aromatic rings. The molecule has 1 aliphatic heterocycles. The van der Waals surface area contributed by atoms with E-state index >= 15 is 0 Å². The first-order chi connectivity index (χ1) is 13.8. The second kappa shape index (κ2) is 9.78. The highest BCUT2D eigenvalue weighted by atomic mass is 35.5. The Kier molecular flexibility index (Phi) is 7.14. The standard InChI is InChI=1S/C22H25N3O3.ClH/c1-26-18-9-7-16(8-10-18)22-24-17(15-28-22)14-25-12-11-23-13-20(25)19-5-3-4-6-21(19)27-2;/h3-10,15,20,23H,11-14H2,1-2H3;1H. The van der Waals surface area contributed by atoms with Gasteiger partial charge in [-0.3, -0.25) is 4.90 Å². The van der Waals surface area contributed by atoms with Gasteiger partial charge in [0.05, 0.1) is 26.0 Å². The number of aromatic nitrogens is 1. The van der Waals surface area contributed by atoms with Crippen molar-refractivity contribution in [2.45, 2.75) is 12.6 Å². The van der Waals surface area contributed by atoms with Gasteiger partial charge in [-0.15, -0.1) is 12.4 Å². The third kappa shape index (κ3) is 4.72. The number of nitrogens with zero attached hydrogens (tertiary/aromatic N) is 2. The average Bonchev–Trinajstić information content (AvgIpc) is 3.23. The number of methoxy groups -OCH3 is 2. The molecule has 6 nitrogen and oxygen atoms in total. The molecule has 0 amide bonds. The molecule has 4 rings (SSSR count). The lowest BCUT2D eigenvalue weighted by Crippen LogP contribution is -2.45. The lowest BCUT2D eigenvalue weighted by molar-refractivity contribution is 0.149. The minimum atomic E-state index is 0. The molecule has 1 saturated heterocycles. The first-order valence-electron chi connectivity index (χ1n) is 9.45. The van der Waals surface area contributed by atoms with Gasteiger partial charge in [-0.1, -0.05) is 18.2 Å². The average molecular weight is 416 g/mol. The van der Waals surface area contributed by atoms with Gasteiger partial charge in [0.15, 0.2) is 0 Å². The van der Waals surface area contributed by atoms with Gasteiger partial charge in [0.25, 0.3) is 0 Å². The number of ether oxygens (including phenoxy) is 2. The molecule has 0 aliphatic carbocycles. The van der Waals surface area contributed by atoms with E-state index in [4.69, 9.17) is 18.9 Å². The Labute approximate surface area is 177 Å². The molecule has 0 saturated carbocycles. The van der Waals surface area contributed by atoms with E-state index in [-0.39, 0.29) is 18.4 Å². The molecule has 2 heterocycles. The Hall–Kier alpha value is -2.54. The van der Waals surface area contributed by atoms with Gasteiger partial charge >= 0.3 is 0 Å². The molecule has 7 heteroatoms. The maximum atomic E-state index is 5.73. The van der Waals surface area contributed by atoms with Gasteiger partial charge in [0.2, 0.25) is 5.89 Å². The van der Waals surface area contributed by atoms with Crippen molar-refractivity contribution in [3.63, 3.8) is 0 Å². The van der Waals surface area contributed by atoms with Crippen molar-refractivity contribution in [1.82, 2.24) is 15.2 Å². The summed E-state index contributed by atoms with van der Waals surface area (Å²) < 4.78 is 16.5. The third-order valence-corrected chi connectivity index (χ3v) is 5.11. The van der Waals surface area contributed by atoms with Crippen molar-refractivity contribution >= 4 is 12.4 Å². The summed E-state index contributed by atoms with van der Waals surface area (Å²) in [6, 6.07) is 16.2. The van der Waals surface area contributed by atoms with E-state index < -0.39 is 0 Å². The molecular formula is C22H26ClN3O3. The van der Waals surface area contributed by atoms with Crippen molar-refractivity contribution in [2.75, 3.05) is 33.9 Å². The summed E-state index contributed by atoms with van der Waals surface area (Å²) in [6.45, 7) is 3.50. The first kappa shape index (κ1) is 21.2. The number of oxazole rings is 1. The second-order valence-electron chi connectivity index (χ2n) is 6.80. The van der Waals surface area contributed by atoms with Crippen LogP contribution in [0.15, 0.2) is 59.2 Å². The number of benzene rings is 2. The van der Waals surface area contributed by atoms with Gasteiger partial charge in [-0.05, 0) is 30.3 Å². The van der Waals surface area contributed by atoms with Gasteiger partial charge in [-0.2, -0.15) is 0 Å². The zero-order valence-electron chi connectivity index (χ0n) is 16.6. The van der Waals surface area contributed by atoms with E-state index in [9.17, 15) is 0 Å². The van der Waals surface area contributed by atoms with Crippen molar-refractivity contribution in [2.24, 2.45) is 0 Å².